The minimum absolute atomic E-state index is 0.101. The number of hydrogen-bond acceptors (Lipinski definition) is 8. The summed E-state index contributed by atoms with van der Waals surface area (Å²) in [5, 5.41) is 21.4. The van der Waals surface area contributed by atoms with E-state index < -0.39 is 42.5 Å². The quantitative estimate of drug-likeness (QED) is 0.0670. The Balaban J connectivity index is 0.000000776. The molecular formula is C42H66F9N3O9. The molecule has 63 heavy (non-hydrogen) atoms. The fraction of sp³-hybridized carbons (Fsp3) is 0.833. The number of halogens is 9. The van der Waals surface area contributed by atoms with Crippen LogP contribution >= 0.6 is 0 Å². The van der Waals surface area contributed by atoms with Gasteiger partial charge in [-0.15, -0.1) is 0 Å². The molecule has 3 fully saturated rings. The van der Waals surface area contributed by atoms with Crippen molar-refractivity contribution in [2.24, 2.45) is 57.8 Å². The van der Waals surface area contributed by atoms with Crippen molar-refractivity contribution in [3.63, 3.8) is 0 Å². The molecule has 0 bridgehead atoms. The van der Waals surface area contributed by atoms with E-state index in [1.165, 1.54) is 56.9 Å². The maximum Gasteiger partial charge on any atom is 0.490 e. The van der Waals surface area contributed by atoms with Gasteiger partial charge in [-0.25, -0.2) is 19.2 Å². The predicted molar refractivity (Wildman–Crippen MR) is 213 cm³/mol. The van der Waals surface area contributed by atoms with Gasteiger partial charge in [-0.05, 0) is 111 Å². The SMILES string of the molecule is CC(C)CCC[C@@H](C)[C@H]1CCC2C3CC=C4CC(OC(=O)[C@H](C)N(CCCN)C(=O)CCN)CC[C@]4(C)C3CC[C@@]21C.O=C(O)C(F)(F)F.O=C(O)C(F)(F)F.O=C(O)C(F)(F)F. The molecule has 366 valence electrons. The molecule has 0 saturated heterocycles. The van der Waals surface area contributed by atoms with E-state index in [0.29, 0.717) is 24.9 Å². The van der Waals surface area contributed by atoms with E-state index in [2.05, 4.69) is 40.7 Å². The first kappa shape index (κ1) is 57.4. The Morgan fingerprint density at radius 2 is 1.29 bits per heavy atom. The molecular weight excluding hydrogens is 861 g/mol. The van der Waals surface area contributed by atoms with Crippen LogP contribution < -0.4 is 11.5 Å². The van der Waals surface area contributed by atoms with Crippen LogP contribution in [0.5, 0.6) is 0 Å². The molecule has 4 rings (SSSR count). The van der Waals surface area contributed by atoms with Crippen LogP contribution in [0.2, 0.25) is 0 Å². The number of fused-ring (bicyclic) bond motifs is 5. The highest BCUT2D eigenvalue weighted by atomic mass is 19.4. The fourth-order valence-corrected chi connectivity index (χ4v) is 10.2. The Kier molecular flexibility index (Phi) is 21.9. The zero-order chi connectivity index (χ0) is 48.9. The molecule has 0 aromatic rings. The van der Waals surface area contributed by atoms with Gasteiger partial charge in [0.05, 0.1) is 0 Å². The lowest BCUT2D eigenvalue weighted by Crippen LogP contribution is -2.51. The van der Waals surface area contributed by atoms with Crippen molar-refractivity contribution in [3.8, 4) is 0 Å². The lowest BCUT2D eigenvalue weighted by atomic mass is 9.47. The van der Waals surface area contributed by atoms with Crippen LogP contribution in [-0.4, -0.2) is 100 Å². The van der Waals surface area contributed by atoms with Crippen LogP contribution in [0.15, 0.2) is 11.6 Å². The standard InChI is InChI=1S/C36H63N3O3.3C2HF3O2/c1-24(2)9-7-10-25(3)30-13-14-31-29-12-11-27-23-28(15-18-35(27,5)32(29)16-19-36(30,31)6)42-34(41)26(4)39(22-8-20-37)33(40)17-21-38;3*3-2(4,5)1(6)7/h11,24-26,28-32H,7-10,12-23,37-38H2,1-6H3;3*(H,6,7)/t25-,26+,28?,29?,30-,31?,32?,35+,36-;;;/m1.../s1. The third-order valence-electron chi connectivity index (χ3n) is 13.4. The number of aliphatic carboxylic acids is 3. The van der Waals surface area contributed by atoms with E-state index in [9.17, 15) is 49.1 Å². The van der Waals surface area contributed by atoms with Crippen molar-refractivity contribution < 1.29 is 83.5 Å². The number of nitrogens with two attached hydrogens (primary N) is 2. The largest absolute Gasteiger partial charge is 0.490 e. The van der Waals surface area contributed by atoms with Gasteiger partial charge in [0.15, 0.2) is 0 Å². The second kappa shape index (κ2) is 24.1. The molecule has 0 spiro atoms. The van der Waals surface area contributed by atoms with E-state index in [1.54, 1.807) is 11.8 Å². The third-order valence-corrected chi connectivity index (χ3v) is 13.4. The topological polar surface area (TPSA) is 211 Å². The lowest BCUT2D eigenvalue weighted by molar-refractivity contribution is -0.193. The number of carbonyl (C=O) groups excluding carboxylic acids is 2. The third kappa shape index (κ3) is 16.7. The summed E-state index contributed by atoms with van der Waals surface area (Å²) in [5.41, 5.74) is 13.6. The van der Waals surface area contributed by atoms with Crippen molar-refractivity contribution in [1.29, 1.82) is 0 Å². The first-order valence-electron chi connectivity index (χ1n) is 21.3. The Morgan fingerprint density at radius 1 is 0.762 bits per heavy atom. The lowest BCUT2D eigenvalue weighted by Gasteiger charge is -2.58. The van der Waals surface area contributed by atoms with Gasteiger partial charge in [-0.3, -0.25) is 4.79 Å². The number of rotatable bonds is 13. The molecule has 0 aliphatic heterocycles. The normalized spacial score (nSPS) is 27.4. The number of hydrogen-bond donors (Lipinski definition) is 5. The van der Waals surface area contributed by atoms with Crippen molar-refractivity contribution in [2.45, 2.75) is 156 Å². The molecule has 0 heterocycles. The number of amides is 1. The Morgan fingerprint density at radius 3 is 1.75 bits per heavy atom. The molecule has 21 heteroatoms. The summed E-state index contributed by atoms with van der Waals surface area (Å²) in [4.78, 5) is 54.2. The van der Waals surface area contributed by atoms with Crippen LogP contribution in [0.4, 0.5) is 39.5 Å². The van der Waals surface area contributed by atoms with Crippen LogP contribution in [0.3, 0.4) is 0 Å². The first-order valence-corrected chi connectivity index (χ1v) is 21.3. The second-order valence-corrected chi connectivity index (χ2v) is 17.9. The first-order chi connectivity index (χ1) is 28.8. The molecule has 9 atom stereocenters. The summed E-state index contributed by atoms with van der Waals surface area (Å²) in [6.45, 7) is 15.4. The summed E-state index contributed by atoms with van der Waals surface area (Å²) < 4.78 is 101. The molecule has 0 radical (unpaired) electrons. The Bertz CT molecular complexity index is 1500. The number of carboxylic acid groups (broad SMARTS) is 3. The highest BCUT2D eigenvalue weighted by Gasteiger charge is 2.59. The highest BCUT2D eigenvalue weighted by molar-refractivity contribution is 5.84. The zero-order valence-electron chi connectivity index (χ0n) is 36.8. The molecule has 4 aliphatic rings. The molecule has 7 N–H and O–H groups in total. The van der Waals surface area contributed by atoms with E-state index in [-0.39, 0.29) is 36.4 Å². The van der Waals surface area contributed by atoms with Crippen LogP contribution in [0.25, 0.3) is 0 Å². The van der Waals surface area contributed by atoms with E-state index >= 15 is 0 Å². The number of nitrogens with zero attached hydrogens (tertiary/aromatic N) is 1. The molecule has 0 aromatic carbocycles. The van der Waals surface area contributed by atoms with Crippen LogP contribution in [0.1, 0.15) is 125 Å². The van der Waals surface area contributed by atoms with Gasteiger partial charge in [0.1, 0.15) is 12.1 Å². The van der Waals surface area contributed by atoms with E-state index in [1.807, 2.05) is 0 Å². The van der Waals surface area contributed by atoms with Crippen molar-refractivity contribution >= 4 is 29.8 Å². The fourth-order valence-electron chi connectivity index (χ4n) is 10.2. The van der Waals surface area contributed by atoms with Gasteiger partial charge in [0, 0.05) is 25.9 Å². The molecule has 1 amide bonds. The second-order valence-electron chi connectivity index (χ2n) is 17.9. The van der Waals surface area contributed by atoms with Crippen molar-refractivity contribution in [1.82, 2.24) is 4.90 Å². The minimum Gasteiger partial charge on any atom is -0.475 e. The minimum atomic E-state index is -5.08. The van der Waals surface area contributed by atoms with Crippen LogP contribution in [-0.2, 0) is 28.7 Å². The van der Waals surface area contributed by atoms with Gasteiger partial charge in [0.2, 0.25) is 5.91 Å². The van der Waals surface area contributed by atoms with E-state index in [4.69, 9.17) is 45.9 Å². The molecule has 4 unspecified atom stereocenters. The zero-order valence-corrected chi connectivity index (χ0v) is 36.8. The number of alkyl halides is 9. The van der Waals surface area contributed by atoms with E-state index in [0.717, 1.165) is 54.8 Å². The Hall–Kier alpha value is -3.62. The monoisotopic (exact) mass is 927 g/mol. The predicted octanol–water partition coefficient (Wildman–Crippen LogP) is 8.75. The average molecular weight is 928 g/mol. The summed E-state index contributed by atoms with van der Waals surface area (Å²) in [7, 11) is 0. The summed E-state index contributed by atoms with van der Waals surface area (Å²) in [5.74, 6) is -3.73. The number of ether oxygens (including phenoxy) is 1. The maximum atomic E-state index is 13.2. The van der Waals surface area contributed by atoms with Gasteiger partial charge < -0.3 is 36.4 Å². The summed E-state index contributed by atoms with van der Waals surface area (Å²) >= 11 is 0. The number of carboxylic acids is 3. The van der Waals surface area contributed by atoms with Crippen LogP contribution in [0, 0.1) is 46.3 Å². The number of carbonyl (C=O) groups is 5. The van der Waals surface area contributed by atoms with Crippen molar-refractivity contribution in [2.75, 3.05) is 19.6 Å². The maximum absolute atomic E-state index is 13.2. The molecule has 3 saturated carbocycles. The van der Waals surface area contributed by atoms with Gasteiger partial charge in [0.25, 0.3) is 0 Å². The molecule has 4 aliphatic carbocycles. The molecule has 12 nitrogen and oxygen atoms in total. The van der Waals surface area contributed by atoms with Gasteiger partial charge in [-0.2, -0.15) is 39.5 Å². The number of allylic oxidation sites excluding steroid dienone is 1. The summed E-state index contributed by atoms with van der Waals surface area (Å²) in [6, 6.07) is -0.618. The highest BCUT2D eigenvalue weighted by Crippen LogP contribution is 2.67. The number of esters is 1. The molecule has 0 aromatic heterocycles. The van der Waals surface area contributed by atoms with Gasteiger partial charge >= 0.3 is 42.4 Å². The smallest absolute Gasteiger partial charge is 0.475 e. The Labute approximate surface area is 362 Å². The van der Waals surface area contributed by atoms with Crippen molar-refractivity contribution in [3.05, 3.63) is 11.6 Å². The summed E-state index contributed by atoms with van der Waals surface area (Å²) in [6.07, 6.45) is 1.85. The van der Waals surface area contributed by atoms with Gasteiger partial charge in [-0.1, -0.05) is 65.5 Å². The average Bonchev–Trinajstić information content (AvgIpc) is 3.52.